The molecule has 150 valence electrons. The second-order valence-electron chi connectivity index (χ2n) is 7.51. The minimum absolute atomic E-state index is 0.00111. The first-order chi connectivity index (χ1) is 13.5. The monoisotopic (exact) mass is 389 g/mol. The Morgan fingerprint density at radius 1 is 1.36 bits per heavy atom. The Labute approximate surface area is 162 Å². The van der Waals surface area contributed by atoms with Gasteiger partial charge >= 0.3 is 5.97 Å². The number of halogens is 1. The van der Waals surface area contributed by atoms with Crippen LogP contribution in [0.3, 0.4) is 0 Å². The van der Waals surface area contributed by atoms with Crippen molar-refractivity contribution in [2.24, 2.45) is 0 Å². The molecule has 1 aromatic carbocycles. The lowest BCUT2D eigenvalue weighted by atomic mass is 9.97. The lowest BCUT2D eigenvalue weighted by molar-refractivity contribution is 0.0694. The molecule has 2 aliphatic heterocycles. The van der Waals surface area contributed by atoms with E-state index in [2.05, 4.69) is 17.0 Å². The third-order valence-electron chi connectivity index (χ3n) is 5.79. The van der Waals surface area contributed by atoms with Crippen LogP contribution in [0.25, 0.3) is 11.3 Å². The molecule has 0 aliphatic carbocycles. The largest absolute Gasteiger partial charge is 0.494 e. The second kappa shape index (κ2) is 7.43. The quantitative estimate of drug-likeness (QED) is 0.841. The number of carboxylic acid groups (broad SMARTS) is 1. The van der Waals surface area contributed by atoms with E-state index < -0.39 is 11.8 Å². The third-order valence-corrected chi connectivity index (χ3v) is 5.79. The number of rotatable bonds is 5. The predicted octanol–water partition coefficient (Wildman–Crippen LogP) is 3.25. The van der Waals surface area contributed by atoms with Crippen LogP contribution in [0.1, 0.15) is 36.5 Å². The van der Waals surface area contributed by atoms with Gasteiger partial charge in [0.15, 0.2) is 28.7 Å². The zero-order valence-corrected chi connectivity index (χ0v) is 16.0. The standard InChI is InChI=1S/C20H24FN3O4/c1-12-5-3-4-8-24(12)14-10-23(11-14)19-17(20(25)26)18(28-22-19)13-6-7-15(21)16(9-13)27-2/h6-7,9,12,14H,3-5,8,10-11H2,1-2H3,(H,25,26). The summed E-state index contributed by atoms with van der Waals surface area (Å²) in [6.45, 7) is 4.79. The molecule has 1 unspecified atom stereocenters. The molecule has 0 amide bonds. The van der Waals surface area contributed by atoms with Crippen LogP contribution in [0.4, 0.5) is 10.2 Å². The highest BCUT2D eigenvalue weighted by molar-refractivity contribution is 5.99. The van der Waals surface area contributed by atoms with Crippen LogP contribution in [0.15, 0.2) is 22.7 Å². The van der Waals surface area contributed by atoms with Crippen LogP contribution in [-0.2, 0) is 0 Å². The molecule has 0 radical (unpaired) electrons. The molecule has 1 N–H and O–H groups in total. The van der Waals surface area contributed by atoms with Crippen LogP contribution in [0, 0.1) is 5.82 Å². The summed E-state index contributed by atoms with van der Waals surface area (Å²) in [5.74, 6) is -1.19. The smallest absolute Gasteiger partial charge is 0.343 e. The van der Waals surface area contributed by atoms with E-state index in [9.17, 15) is 14.3 Å². The number of aromatic nitrogens is 1. The molecule has 2 saturated heterocycles. The highest BCUT2D eigenvalue weighted by Crippen LogP contribution is 2.36. The number of hydrogen-bond donors (Lipinski definition) is 1. The van der Waals surface area contributed by atoms with Crippen LogP contribution < -0.4 is 9.64 Å². The average molecular weight is 389 g/mol. The van der Waals surface area contributed by atoms with Crippen LogP contribution in [0.2, 0.25) is 0 Å². The fraction of sp³-hybridized carbons (Fsp3) is 0.500. The zero-order chi connectivity index (χ0) is 19.8. The maximum absolute atomic E-state index is 13.7. The molecule has 2 fully saturated rings. The number of ether oxygens (including phenoxy) is 1. The number of carboxylic acids is 1. The molecule has 0 saturated carbocycles. The van der Waals surface area contributed by atoms with Gasteiger partial charge in [0.05, 0.1) is 7.11 Å². The van der Waals surface area contributed by atoms with Gasteiger partial charge in [0, 0.05) is 30.7 Å². The highest BCUT2D eigenvalue weighted by Gasteiger charge is 2.39. The number of methoxy groups -OCH3 is 1. The molecular formula is C20H24FN3O4. The summed E-state index contributed by atoms with van der Waals surface area (Å²) in [6.07, 6.45) is 3.68. The molecule has 1 atom stereocenters. The van der Waals surface area contributed by atoms with Crippen LogP contribution >= 0.6 is 0 Å². The van der Waals surface area contributed by atoms with E-state index in [1.54, 1.807) is 0 Å². The van der Waals surface area contributed by atoms with Gasteiger partial charge in [-0.2, -0.15) is 0 Å². The normalized spacial score (nSPS) is 20.8. The first-order valence-electron chi connectivity index (χ1n) is 9.57. The van der Waals surface area contributed by atoms with Crippen molar-refractivity contribution in [2.75, 3.05) is 31.6 Å². The van der Waals surface area contributed by atoms with E-state index in [1.807, 2.05) is 4.90 Å². The van der Waals surface area contributed by atoms with Gasteiger partial charge in [-0.25, -0.2) is 9.18 Å². The SMILES string of the molecule is COc1cc(-c2onc(N3CC(N4CCCCC4C)C3)c2C(=O)O)ccc1F. The summed E-state index contributed by atoms with van der Waals surface area (Å²) in [6, 6.07) is 5.06. The molecular weight excluding hydrogens is 365 g/mol. The van der Waals surface area contributed by atoms with E-state index in [1.165, 1.54) is 44.6 Å². The number of carbonyl (C=O) groups is 1. The van der Waals surface area contributed by atoms with Crippen molar-refractivity contribution in [3.05, 3.63) is 29.6 Å². The first-order valence-corrected chi connectivity index (χ1v) is 9.57. The van der Waals surface area contributed by atoms with Crippen molar-refractivity contribution in [1.82, 2.24) is 10.1 Å². The Morgan fingerprint density at radius 2 is 2.14 bits per heavy atom. The van der Waals surface area contributed by atoms with Crippen molar-refractivity contribution >= 4 is 11.8 Å². The molecule has 8 heteroatoms. The van der Waals surface area contributed by atoms with Gasteiger partial charge in [-0.05, 0) is 44.5 Å². The van der Waals surface area contributed by atoms with E-state index >= 15 is 0 Å². The fourth-order valence-electron chi connectivity index (χ4n) is 4.19. The molecule has 2 aliphatic rings. The minimum atomic E-state index is -1.12. The van der Waals surface area contributed by atoms with Gasteiger partial charge in [-0.3, -0.25) is 4.90 Å². The van der Waals surface area contributed by atoms with Gasteiger partial charge in [0.1, 0.15) is 0 Å². The Kier molecular flexibility index (Phi) is 4.97. The van der Waals surface area contributed by atoms with Gasteiger partial charge in [-0.1, -0.05) is 11.6 Å². The third kappa shape index (κ3) is 3.22. The summed E-state index contributed by atoms with van der Waals surface area (Å²) in [5.41, 5.74) is 0.412. The lowest BCUT2D eigenvalue weighted by Crippen LogP contribution is -2.62. The molecule has 7 nitrogen and oxygen atoms in total. The number of hydrogen-bond acceptors (Lipinski definition) is 6. The Hall–Kier alpha value is -2.61. The summed E-state index contributed by atoms with van der Waals surface area (Å²) in [7, 11) is 1.36. The van der Waals surface area contributed by atoms with Crippen molar-refractivity contribution < 1.29 is 23.6 Å². The van der Waals surface area contributed by atoms with Crippen molar-refractivity contribution in [3.63, 3.8) is 0 Å². The topological polar surface area (TPSA) is 79.0 Å². The Morgan fingerprint density at radius 3 is 2.82 bits per heavy atom. The molecule has 3 heterocycles. The van der Waals surface area contributed by atoms with Crippen LogP contribution in [0.5, 0.6) is 5.75 Å². The average Bonchev–Trinajstić information content (AvgIpc) is 3.07. The summed E-state index contributed by atoms with van der Waals surface area (Å²) >= 11 is 0. The van der Waals surface area contributed by atoms with E-state index in [4.69, 9.17) is 9.26 Å². The molecule has 4 rings (SSSR count). The first kappa shape index (κ1) is 18.7. The number of anilines is 1. The highest BCUT2D eigenvalue weighted by atomic mass is 19.1. The maximum Gasteiger partial charge on any atom is 0.343 e. The lowest BCUT2D eigenvalue weighted by Gasteiger charge is -2.49. The number of nitrogens with zero attached hydrogens (tertiary/aromatic N) is 3. The van der Waals surface area contributed by atoms with E-state index in [0.29, 0.717) is 23.5 Å². The summed E-state index contributed by atoms with van der Waals surface area (Å²) < 4.78 is 24.1. The number of piperidine rings is 1. The van der Waals surface area contributed by atoms with E-state index in [0.717, 1.165) is 19.6 Å². The zero-order valence-electron chi connectivity index (χ0n) is 16.0. The predicted molar refractivity (Wildman–Crippen MR) is 101 cm³/mol. The Balaban J connectivity index is 1.57. The molecule has 2 aromatic rings. The Bertz CT molecular complexity index is 878. The number of benzene rings is 1. The molecule has 0 bridgehead atoms. The maximum atomic E-state index is 13.7. The number of likely N-dealkylation sites (tertiary alicyclic amines) is 1. The van der Waals surface area contributed by atoms with Crippen molar-refractivity contribution in [2.45, 2.75) is 38.3 Å². The molecule has 0 spiro atoms. The van der Waals surface area contributed by atoms with Crippen molar-refractivity contribution in [1.29, 1.82) is 0 Å². The van der Waals surface area contributed by atoms with Gasteiger partial charge in [0.25, 0.3) is 0 Å². The number of aromatic carboxylic acids is 1. The fourth-order valence-corrected chi connectivity index (χ4v) is 4.19. The van der Waals surface area contributed by atoms with Gasteiger partial charge in [0.2, 0.25) is 0 Å². The minimum Gasteiger partial charge on any atom is -0.494 e. The summed E-state index contributed by atoms with van der Waals surface area (Å²) in [5, 5.41) is 13.8. The molecule has 28 heavy (non-hydrogen) atoms. The van der Waals surface area contributed by atoms with E-state index in [-0.39, 0.29) is 17.1 Å². The summed E-state index contributed by atoms with van der Waals surface area (Å²) in [4.78, 5) is 16.4. The van der Waals surface area contributed by atoms with Gasteiger partial charge in [-0.15, -0.1) is 0 Å². The molecule has 1 aromatic heterocycles. The van der Waals surface area contributed by atoms with Crippen LogP contribution in [-0.4, -0.2) is 60.0 Å². The second-order valence-corrected chi connectivity index (χ2v) is 7.51. The van der Waals surface area contributed by atoms with Crippen molar-refractivity contribution in [3.8, 4) is 17.1 Å². The van der Waals surface area contributed by atoms with Gasteiger partial charge < -0.3 is 19.3 Å².